The molecular weight excluding hydrogens is 271 g/mol. The van der Waals surface area contributed by atoms with E-state index in [0.29, 0.717) is 23.8 Å². The molecule has 1 fully saturated rings. The lowest BCUT2D eigenvalue weighted by molar-refractivity contribution is -0.141. The molecule has 108 valence electrons. The summed E-state index contributed by atoms with van der Waals surface area (Å²) in [6.45, 7) is 2.59. The third-order valence-corrected chi connectivity index (χ3v) is 3.40. The van der Waals surface area contributed by atoms with Crippen molar-refractivity contribution in [3.63, 3.8) is 0 Å². The van der Waals surface area contributed by atoms with Crippen LogP contribution in [0.15, 0.2) is 18.5 Å². The Bertz CT molecular complexity index is 601. The highest BCUT2D eigenvalue weighted by atomic mass is 19.4. The van der Waals surface area contributed by atoms with Crippen LogP contribution in [0.4, 0.5) is 19.0 Å². The van der Waals surface area contributed by atoms with Gasteiger partial charge in [0.1, 0.15) is 5.52 Å². The maximum absolute atomic E-state index is 12.7. The van der Waals surface area contributed by atoms with Gasteiger partial charge in [0.05, 0.1) is 0 Å². The minimum Gasteiger partial charge on any atom is -0.368 e. The van der Waals surface area contributed by atoms with Crippen molar-refractivity contribution in [2.45, 2.75) is 12.6 Å². The molecule has 2 N–H and O–H groups in total. The van der Waals surface area contributed by atoms with Gasteiger partial charge in [0, 0.05) is 25.0 Å². The molecule has 0 saturated carbocycles. The van der Waals surface area contributed by atoms with Gasteiger partial charge in [-0.15, -0.1) is 0 Å². The smallest absolute Gasteiger partial charge is 0.368 e. The molecule has 2 aromatic heterocycles. The first-order valence-electron chi connectivity index (χ1n) is 6.40. The topological polar surface area (TPSA) is 54.2 Å². The second-order valence-electron chi connectivity index (χ2n) is 4.87. The summed E-state index contributed by atoms with van der Waals surface area (Å²) in [6.07, 6.45) is -0.538. The molecule has 1 unspecified atom stereocenters. The maximum atomic E-state index is 12.7. The number of alkyl halides is 3. The van der Waals surface area contributed by atoms with Gasteiger partial charge in [-0.2, -0.15) is 18.3 Å². The van der Waals surface area contributed by atoms with Gasteiger partial charge in [0.15, 0.2) is 11.5 Å². The minimum atomic E-state index is -4.45. The Balaban J connectivity index is 1.84. The van der Waals surface area contributed by atoms with Gasteiger partial charge in [0.2, 0.25) is 0 Å². The molecule has 0 bridgehead atoms. The Labute approximate surface area is 113 Å². The molecule has 0 aromatic carbocycles. The van der Waals surface area contributed by atoms with Gasteiger partial charge in [-0.05, 0) is 25.4 Å². The van der Waals surface area contributed by atoms with E-state index >= 15 is 0 Å². The van der Waals surface area contributed by atoms with E-state index in [1.54, 1.807) is 0 Å². The summed E-state index contributed by atoms with van der Waals surface area (Å²) in [4.78, 5) is 4.10. The molecule has 0 radical (unpaired) electrons. The summed E-state index contributed by atoms with van der Waals surface area (Å²) in [6, 6.07) is 1.02. The summed E-state index contributed by atoms with van der Waals surface area (Å²) in [5.74, 6) is 0.907. The van der Waals surface area contributed by atoms with E-state index in [0.717, 1.165) is 25.6 Å². The lowest BCUT2D eigenvalue weighted by Crippen LogP contribution is -2.18. The number of nitrogens with one attached hydrogen (secondary N) is 2. The lowest BCUT2D eigenvalue weighted by atomic mass is 10.1. The predicted molar refractivity (Wildman–Crippen MR) is 67.5 cm³/mol. The Morgan fingerprint density at radius 3 is 3.00 bits per heavy atom. The van der Waals surface area contributed by atoms with Crippen LogP contribution in [0.3, 0.4) is 0 Å². The summed E-state index contributed by atoms with van der Waals surface area (Å²) in [5.41, 5.74) is -0.568. The van der Waals surface area contributed by atoms with E-state index in [-0.39, 0.29) is 0 Å². The van der Waals surface area contributed by atoms with Crippen molar-refractivity contribution in [3.05, 3.63) is 24.2 Å². The second kappa shape index (κ2) is 4.93. The lowest BCUT2D eigenvalue weighted by Gasteiger charge is -2.11. The largest absolute Gasteiger partial charge is 0.435 e. The fraction of sp³-hybridized carbons (Fsp3) is 0.500. The second-order valence-corrected chi connectivity index (χ2v) is 4.87. The first-order chi connectivity index (χ1) is 9.54. The number of rotatable bonds is 3. The summed E-state index contributed by atoms with van der Waals surface area (Å²) < 4.78 is 39.2. The van der Waals surface area contributed by atoms with Gasteiger partial charge in [-0.25, -0.2) is 9.50 Å². The van der Waals surface area contributed by atoms with E-state index in [1.165, 1.54) is 16.9 Å². The highest BCUT2D eigenvalue weighted by Gasteiger charge is 2.34. The molecule has 8 heteroatoms. The van der Waals surface area contributed by atoms with Crippen LogP contribution in [0, 0.1) is 5.92 Å². The number of halogens is 3. The Morgan fingerprint density at radius 2 is 2.30 bits per heavy atom. The van der Waals surface area contributed by atoms with Crippen LogP contribution in [0.1, 0.15) is 12.1 Å². The first kappa shape index (κ1) is 13.2. The van der Waals surface area contributed by atoms with Crippen molar-refractivity contribution in [1.29, 1.82) is 0 Å². The molecule has 1 saturated heterocycles. The van der Waals surface area contributed by atoms with Crippen LogP contribution in [0.25, 0.3) is 5.52 Å². The highest BCUT2D eigenvalue weighted by Crippen LogP contribution is 2.30. The van der Waals surface area contributed by atoms with Crippen LogP contribution in [-0.4, -0.2) is 34.2 Å². The van der Waals surface area contributed by atoms with Crippen LogP contribution < -0.4 is 10.6 Å². The molecule has 3 heterocycles. The van der Waals surface area contributed by atoms with Gasteiger partial charge >= 0.3 is 6.18 Å². The zero-order valence-electron chi connectivity index (χ0n) is 10.6. The number of aromatic nitrogens is 3. The van der Waals surface area contributed by atoms with Crippen molar-refractivity contribution in [1.82, 2.24) is 19.9 Å². The molecule has 20 heavy (non-hydrogen) atoms. The summed E-state index contributed by atoms with van der Waals surface area (Å²) in [5, 5.41) is 9.88. The summed E-state index contributed by atoms with van der Waals surface area (Å²) >= 11 is 0. The minimum absolute atomic E-state index is 0.339. The van der Waals surface area contributed by atoms with Crippen molar-refractivity contribution in [2.24, 2.45) is 5.92 Å². The number of hydrogen-bond acceptors (Lipinski definition) is 4. The maximum Gasteiger partial charge on any atom is 0.435 e. The Kier molecular flexibility index (Phi) is 3.25. The number of fused-ring (bicyclic) bond motifs is 1. The molecule has 0 spiro atoms. The van der Waals surface area contributed by atoms with Crippen LogP contribution in [-0.2, 0) is 6.18 Å². The number of nitrogens with zero attached hydrogens (tertiary/aromatic N) is 3. The molecule has 5 nitrogen and oxygen atoms in total. The zero-order valence-corrected chi connectivity index (χ0v) is 10.6. The average Bonchev–Trinajstić information content (AvgIpc) is 3.04. The van der Waals surface area contributed by atoms with Crippen LogP contribution in [0.5, 0.6) is 0 Å². The van der Waals surface area contributed by atoms with Crippen LogP contribution in [0.2, 0.25) is 0 Å². The number of hydrogen-bond donors (Lipinski definition) is 2. The van der Waals surface area contributed by atoms with Gasteiger partial charge < -0.3 is 10.6 Å². The molecular formula is C12H14F3N5. The van der Waals surface area contributed by atoms with E-state index in [4.69, 9.17) is 0 Å². The molecule has 0 amide bonds. The molecule has 1 atom stereocenters. The molecule has 2 aromatic rings. The van der Waals surface area contributed by atoms with Crippen molar-refractivity contribution < 1.29 is 13.2 Å². The average molecular weight is 285 g/mol. The normalized spacial score (nSPS) is 19.6. The quantitative estimate of drug-likeness (QED) is 0.902. The van der Waals surface area contributed by atoms with E-state index in [9.17, 15) is 13.2 Å². The standard InChI is InChI=1S/C12H14F3N5/c13-12(14,15)10-5-9-11(17-3-4-20(9)19-10)18-7-8-1-2-16-6-8/h3-5,8,16H,1-2,6-7H2,(H,17,18). The molecule has 1 aliphatic rings. The third kappa shape index (κ3) is 2.55. The van der Waals surface area contributed by atoms with Crippen molar-refractivity contribution >= 4 is 11.3 Å². The SMILES string of the molecule is FC(F)(F)c1cc2c(NCC3CCNC3)nccn2n1. The Hall–Kier alpha value is -1.83. The predicted octanol–water partition coefficient (Wildman–Crippen LogP) is 1.77. The number of anilines is 1. The molecule has 0 aliphatic carbocycles. The highest BCUT2D eigenvalue weighted by molar-refractivity contribution is 5.67. The monoisotopic (exact) mass is 285 g/mol. The van der Waals surface area contributed by atoms with Crippen molar-refractivity contribution in [2.75, 3.05) is 25.0 Å². The fourth-order valence-corrected chi connectivity index (χ4v) is 2.33. The molecule has 1 aliphatic heterocycles. The molecule has 3 rings (SSSR count). The van der Waals surface area contributed by atoms with E-state index in [1.807, 2.05) is 0 Å². The third-order valence-electron chi connectivity index (χ3n) is 3.40. The first-order valence-corrected chi connectivity index (χ1v) is 6.40. The van der Waals surface area contributed by atoms with Crippen LogP contribution >= 0.6 is 0 Å². The van der Waals surface area contributed by atoms with Crippen molar-refractivity contribution in [3.8, 4) is 0 Å². The van der Waals surface area contributed by atoms with E-state index < -0.39 is 11.9 Å². The zero-order chi connectivity index (χ0) is 14.2. The summed E-state index contributed by atoms with van der Waals surface area (Å²) in [7, 11) is 0. The van der Waals surface area contributed by atoms with Gasteiger partial charge in [-0.3, -0.25) is 0 Å². The van der Waals surface area contributed by atoms with Gasteiger partial charge in [-0.1, -0.05) is 0 Å². The fourth-order valence-electron chi connectivity index (χ4n) is 2.33. The Morgan fingerprint density at radius 1 is 1.45 bits per heavy atom. The van der Waals surface area contributed by atoms with E-state index in [2.05, 4.69) is 20.7 Å². The van der Waals surface area contributed by atoms with Gasteiger partial charge in [0.25, 0.3) is 0 Å².